The maximum Gasteiger partial charge on any atom is 0.219 e. The summed E-state index contributed by atoms with van der Waals surface area (Å²) in [6, 6.07) is 0. The largest absolute Gasteiger partial charge is 0.380 e. The molecule has 0 aliphatic rings. The molecule has 0 aromatic carbocycles. The molecular formula is C39H78N4O9. The standard InChI is InChI=1S/C11H18O3.C8H17NO2.C7H15NO2.C7H15NO.C6H13NO/c1-3-10(13)5-4-6-11(14)8-7-9(2)12;1-3-6-11-7-5-9-8(10)4-2;1-3-5-10-6-4-8-7(2)9;1-3-5-6-8-7(9)4-2;1-3-4-5-7-6(2)8/h3-8H2,1-2H3;3-7H2,1-2H3,(H,9,10);3-6H2,1-2H3,(H,8,9);3-6H2,1-2H3,(H,8,9);3-5H2,1-2H3,(H,7,8). The highest BCUT2D eigenvalue weighted by molar-refractivity contribution is 5.85. The first kappa shape index (κ1) is 58.1. The Balaban J connectivity index is -0.000000179. The van der Waals surface area contributed by atoms with E-state index < -0.39 is 0 Å². The number of rotatable bonds is 26. The fraction of sp³-hybridized carbons (Fsp3) is 0.821. The molecule has 4 N–H and O–H groups in total. The van der Waals surface area contributed by atoms with Crippen molar-refractivity contribution in [1.29, 1.82) is 0 Å². The molecule has 13 nitrogen and oxygen atoms in total. The van der Waals surface area contributed by atoms with E-state index in [9.17, 15) is 33.6 Å². The third kappa shape index (κ3) is 68.7. The smallest absolute Gasteiger partial charge is 0.219 e. The molecule has 0 heterocycles. The zero-order valence-electron chi connectivity index (χ0n) is 34.7. The van der Waals surface area contributed by atoms with Crippen LogP contribution in [0.1, 0.15) is 159 Å². The highest BCUT2D eigenvalue weighted by atomic mass is 16.5. The topological polar surface area (TPSA) is 186 Å². The van der Waals surface area contributed by atoms with Crippen LogP contribution in [0.15, 0.2) is 0 Å². The Kier molecular flexibility index (Phi) is 55.8. The average molecular weight is 747 g/mol. The third-order valence-electron chi connectivity index (χ3n) is 6.35. The van der Waals surface area contributed by atoms with Crippen molar-refractivity contribution in [2.24, 2.45) is 0 Å². The van der Waals surface area contributed by atoms with E-state index in [-0.39, 0.29) is 41.0 Å². The van der Waals surface area contributed by atoms with Crippen LogP contribution in [0.3, 0.4) is 0 Å². The summed E-state index contributed by atoms with van der Waals surface area (Å²) in [5.74, 6) is 0.642. The number of ketones is 3. The van der Waals surface area contributed by atoms with E-state index in [1.54, 1.807) is 0 Å². The van der Waals surface area contributed by atoms with Crippen molar-refractivity contribution in [1.82, 2.24) is 21.3 Å². The second-order valence-electron chi connectivity index (χ2n) is 11.8. The minimum atomic E-state index is 0.0000912. The summed E-state index contributed by atoms with van der Waals surface area (Å²) in [7, 11) is 0. The lowest BCUT2D eigenvalue weighted by Gasteiger charge is -2.03. The fourth-order valence-corrected chi connectivity index (χ4v) is 3.25. The summed E-state index contributed by atoms with van der Waals surface area (Å²) in [5, 5.41) is 10.9. The van der Waals surface area contributed by atoms with E-state index in [4.69, 9.17) is 9.47 Å². The number of hydrogen-bond acceptors (Lipinski definition) is 9. The van der Waals surface area contributed by atoms with Crippen LogP contribution < -0.4 is 21.3 Å². The van der Waals surface area contributed by atoms with Gasteiger partial charge in [-0.25, -0.2) is 0 Å². The summed E-state index contributed by atoms with van der Waals surface area (Å²) < 4.78 is 10.3. The van der Waals surface area contributed by atoms with E-state index in [1.807, 2.05) is 20.8 Å². The van der Waals surface area contributed by atoms with Crippen LogP contribution in [0, 0.1) is 0 Å². The Morgan fingerprint density at radius 3 is 1.19 bits per heavy atom. The van der Waals surface area contributed by atoms with E-state index in [2.05, 4.69) is 49.0 Å². The van der Waals surface area contributed by atoms with Gasteiger partial charge in [-0.2, -0.15) is 0 Å². The van der Waals surface area contributed by atoms with Crippen LogP contribution >= 0.6 is 0 Å². The third-order valence-corrected chi connectivity index (χ3v) is 6.35. The Bertz CT molecular complexity index is 884. The number of carbonyl (C=O) groups excluding carboxylic acids is 7. The van der Waals surface area contributed by atoms with Crippen molar-refractivity contribution < 1.29 is 43.0 Å². The number of Topliss-reactive ketones (excluding diaryl/α,β-unsaturated/α-hetero) is 3. The highest BCUT2D eigenvalue weighted by Gasteiger charge is 2.05. The summed E-state index contributed by atoms with van der Waals surface area (Å²) >= 11 is 0. The SMILES string of the molecule is CCC(=O)CCCC(=O)CCC(C)=O.CCCCNC(=O)CC.CCCCNC(C)=O.CCCOCCNC(=O)CC.CCCOCCNC(C)=O. The van der Waals surface area contributed by atoms with E-state index in [0.717, 1.165) is 64.8 Å². The Morgan fingerprint density at radius 1 is 0.404 bits per heavy atom. The van der Waals surface area contributed by atoms with Crippen LogP contribution in [-0.2, 0) is 43.0 Å². The molecule has 52 heavy (non-hydrogen) atoms. The second-order valence-corrected chi connectivity index (χ2v) is 11.8. The van der Waals surface area contributed by atoms with Gasteiger partial charge in [0.2, 0.25) is 23.6 Å². The minimum Gasteiger partial charge on any atom is -0.380 e. The quantitative estimate of drug-likeness (QED) is 0.0795. The number of unbranched alkanes of at least 4 members (excludes halogenated alkanes) is 2. The van der Waals surface area contributed by atoms with Crippen molar-refractivity contribution >= 4 is 41.0 Å². The lowest BCUT2D eigenvalue weighted by Crippen LogP contribution is -2.26. The Labute approximate surface area is 316 Å². The molecule has 0 bridgehead atoms. The zero-order chi connectivity index (χ0) is 40.8. The number of nitrogens with one attached hydrogen (secondary N) is 4. The van der Waals surface area contributed by atoms with Crippen LogP contribution in [0.25, 0.3) is 0 Å². The lowest BCUT2D eigenvalue weighted by molar-refractivity contribution is -0.123. The van der Waals surface area contributed by atoms with Crippen molar-refractivity contribution in [3.63, 3.8) is 0 Å². The maximum absolute atomic E-state index is 11.2. The van der Waals surface area contributed by atoms with E-state index in [0.29, 0.717) is 77.7 Å². The molecule has 0 aromatic heterocycles. The molecule has 0 fully saturated rings. The van der Waals surface area contributed by atoms with Crippen LogP contribution in [0.4, 0.5) is 0 Å². The van der Waals surface area contributed by atoms with Gasteiger partial charge in [-0.3, -0.25) is 28.8 Å². The molecule has 4 amide bonds. The van der Waals surface area contributed by atoms with Crippen LogP contribution in [0.2, 0.25) is 0 Å². The van der Waals surface area contributed by atoms with Crippen molar-refractivity contribution in [3.8, 4) is 0 Å². The average Bonchev–Trinajstić information content (AvgIpc) is 3.11. The van der Waals surface area contributed by atoms with Crippen molar-refractivity contribution in [2.75, 3.05) is 52.6 Å². The zero-order valence-corrected chi connectivity index (χ0v) is 34.7. The number of hydrogen-bond donors (Lipinski definition) is 4. The first-order chi connectivity index (χ1) is 24.7. The van der Waals surface area contributed by atoms with Gasteiger partial charge < -0.3 is 35.5 Å². The van der Waals surface area contributed by atoms with E-state index in [1.165, 1.54) is 20.8 Å². The van der Waals surface area contributed by atoms with Crippen LogP contribution in [-0.4, -0.2) is 93.6 Å². The predicted molar refractivity (Wildman–Crippen MR) is 210 cm³/mol. The number of amides is 4. The van der Waals surface area contributed by atoms with Gasteiger partial charge >= 0.3 is 0 Å². The van der Waals surface area contributed by atoms with Gasteiger partial charge in [0.15, 0.2) is 0 Å². The summed E-state index contributed by atoms with van der Waals surface area (Å²) in [6.45, 7) is 24.1. The predicted octanol–water partition coefficient (Wildman–Crippen LogP) is 5.80. The molecule has 0 aromatic rings. The molecule has 0 saturated carbocycles. The first-order valence-corrected chi connectivity index (χ1v) is 19.4. The van der Waals surface area contributed by atoms with Gasteiger partial charge in [0.1, 0.15) is 17.3 Å². The van der Waals surface area contributed by atoms with Gasteiger partial charge in [0.25, 0.3) is 0 Å². The molecule has 0 unspecified atom stereocenters. The first-order valence-electron chi connectivity index (χ1n) is 19.4. The molecule has 0 aliphatic heterocycles. The minimum absolute atomic E-state index is 0.0000912. The number of carbonyl (C=O) groups is 7. The molecule has 0 saturated heterocycles. The summed E-state index contributed by atoms with van der Waals surface area (Å²) in [4.78, 5) is 74.4. The molecule has 0 aliphatic carbocycles. The van der Waals surface area contributed by atoms with Gasteiger partial charge in [-0.1, -0.05) is 61.3 Å². The normalized spacial score (nSPS) is 9.42. The Hall–Kier alpha value is -3.19. The molecule has 0 atom stereocenters. The van der Waals surface area contributed by atoms with Gasteiger partial charge in [0, 0.05) is 98.2 Å². The van der Waals surface area contributed by atoms with Gasteiger partial charge in [-0.15, -0.1) is 0 Å². The highest BCUT2D eigenvalue weighted by Crippen LogP contribution is 2.03. The molecule has 13 heteroatoms. The monoisotopic (exact) mass is 747 g/mol. The van der Waals surface area contributed by atoms with Gasteiger partial charge in [0.05, 0.1) is 13.2 Å². The van der Waals surface area contributed by atoms with Gasteiger partial charge in [-0.05, 0) is 39.0 Å². The van der Waals surface area contributed by atoms with E-state index >= 15 is 0 Å². The second kappa shape index (κ2) is 49.9. The molecule has 0 radical (unpaired) electrons. The molecule has 0 rings (SSSR count). The number of ether oxygens (including phenoxy) is 2. The molecule has 308 valence electrons. The fourth-order valence-electron chi connectivity index (χ4n) is 3.25. The Morgan fingerprint density at radius 2 is 0.808 bits per heavy atom. The maximum atomic E-state index is 11.2. The molecular weight excluding hydrogens is 668 g/mol. The summed E-state index contributed by atoms with van der Waals surface area (Å²) in [6.07, 6.45) is 10.4. The molecule has 0 spiro atoms. The lowest BCUT2D eigenvalue weighted by atomic mass is 10.1. The summed E-state index contributed by atoms with van der Waals surface area (Å²) in [5.41, 5.74) is 0. The van der Waals surface area contributed by atoms with Crippen molar-refractivity contribution in [3.05, 3.63) is 0 Å². The van der Waals surface area contributed by atoms with Crippen LogP contribution in [0.5, 0.6) is 0 Å². The van der Waals surface area contributed by atoms with Crippen molar-refractivity contribution in [2.45, 2.75) is 159 Å².